The molecular formula is C17H18N2O. The van der Waals surface area contributed by atoms with Gasteiger partial charge in [0.15, 0.2) is 0 Å². The molecule has 0 atom stereocenters. The highest BCUT2D eigenvalue weighted by molar-refractivity contribution is 5.57. The number of benzene rings is 2. The minimum atomic E-state index is 0.0678. The Labute approximate surface area is 119 Å². The Hall–Kier alpha value is -2.47. The molecule has 0 bridgehead atoms. The summed E-state index contributed by atoms with van der Waals surface area (Å²) in [5.41, 5.74) is 7.85. The molecule has 0 unspecified atom stereocenters. The van der Waals surface area contributed by atoms with Gasteiger partial charge in [-0.3, -0.25) is 0 Å². The molecule has 102 valence electrons. The molecular weight excluding hydrogens is 248 g/mol. The lowest BCUT2D eigenvalue weighted by Crippen LogP contribution is -2.10. The number of nitrogens with zero attached hydrogens (tertiary/aromatic N) is 1. The Morgan fingerprint density at radius 1 is 1.05 bits per heavy atom. The van der Waals surface area contributed by atoms with Gasteiger partial charge in [-0.25, -0.2) is 0 Å². The molecule has 0 heterocycles. The molecule has 0 aliphatic rings. The molecule has 2 aromatic carbocycles. The lowest BCUT2D eigenvalue weighted by molar-refractivity contribution is 0.478. The normalized spacial score (nSPS) is 10.9. The Balaban J connectivity index is 2.29. The molecule has 0 aliphatic carbocycles. The van der Waals surface area contributed by atoms with Gasteiger partial charge in [0.05, 0.1) is 5.56 Å². The maximum atomic E-state index is 8.97. The van der Waals surface area contributed by atoms with Crippen molar-refractivity contribution in [1.29, 1.82) is 5.26 Å². The van der Waals surface area contributed by atoms with Crippen molar-refractivity contribution in [2.45, 2.75) is 26.2 Å². The smallest absolute Gasteiger partial charge is 0.128 e. The highest BCUT2D eigenvalue weighted by Crippen LogP contribution is 2.29. The second-order valence-corrected chi connectivity index (χ2v) is 5.74. The van der Waals surface area contributed by atoms with E-state index in [2.05, 4.69) is 32.9 Å². The van der Waals surface area contributed by atoms with Crippen LogP contribution >= 0.6 is 0 Å². The minimum absolute atomic E-state index is 0.0678. The molecule has 3 heteroatoms. The quantitative estimate of drug-likeness (QED) is 0.827. The fourth-order valence-electron chi connectivity index (χ4n) is 1.86. The van der Waals surface area contributed by atoms with E-state index < -0.39 is 0 Å². The standard InChI is InChI=1S/C17H18N2O/c1-17(2,3)13-5-4-6-14(10-13)20-15-7-8-16(19)12(9-15)11-18/h4-10H,19H2,1-3H3. The van der Waals surface area contributed by atoms with Crippen molar-refractivity contribution in [2.75, 3.05) is 5.73 Å². The number of hydrogen-bond acceptors (Lipinski definition) is 3. The van der Waals surface area contributed by atoms with Crippen LogP contribution in [0.2, 0.25) is 0 Å². The van der Waals surface area contributed by atoms with Crippen LogP contribution in [-0.2, 0) is 5.41 Å². The van der Waals surface area contributed by atoms with E-state index in [0.29, 0.717) is 17.0 Å². The van der Waals surface area contributed by atoms with Crippen LogP contribution in [-0.4, -0.2) is 0 Å². The summed E-state index contributed by atoms with van der Waals surface area (Å²) in [6.45, 7) is 6.47. The number of nitrogens with two attached hydrogens (primary N) is 1. The molecule has 0 fully saturated rings. The summed E-state index contributed by atoms with van der Waals surface area (Å²) >= 11 is 0. The van der Waals surface area contributed by atoms with Gasteiger partial charge in [-0.2, -0.15) is 5.26 Å². The number of nitrogen functional groups attached to an aromatic ring is 1. The predicted molar refractivity (Wildman–Crippen MR) is 80.8 cm³/mol. The number of hydrogen-bond donors (Lipinski definition) is 1. The van der Waals surface area contributed by atoms with Gasteiger partial charge in [0, 0.05) is 11.8 Å². The van der Waals surface area contributed by atoms with Gasteiger partial charge in [-0.15, -0.1) is 0 Å². The monoisotopic (exact) mass is 266 g/mol. The number of nitriles is 1. The summed E-state index contributed by atoms with van der Waals surface area (Å²) < 4.78 is 5.80. The van der Waals surface area contributed by atoms with Gasteiger partial charge < -0.3 is 10.5 Å². The van der Waals surface area contributed by atoms with Gasteiger partial charge in [-0.1, -0.05) is 32.9 Å². The first-order valence-corrected chi connectivity index (χ1v) is 6.48. The molecule has 3 nitrogen and oxygen atoms in total. The third-order valence-electron chi connectivity index (χ3n) is 3.08. The maximum absolute atomic E-state index is 8.97. The van der Waals surface area contributed by atoms with E-state index in [1.807, 2.05) is 18.2 Å². The fraction of sp³-hybridized carbons (Fsp3) is 0.235. The van der Waals surface area contributed by atoms with Crippen molar-refractivity contribution in [3.63, 3.8) is 0 Å². The maximum Gasteiger partial charge on any atom is 0.128 e. The fourth-order valence-corrected chi connectivity index (χ4v) is 1.86. The van der Waals surface area contributed by atoms with Gasteiger partial charge in [0.1, 0.15) is 17.6 Å². The first-order valence-electron chi connectivity index (χ1n) is 6.48. The van der Waals surface area contributed by atoms with Crippen LogP contribution in [0.5, 0.6) is 11.5 Å². The van der Waals surface area contributed by atoms with Crippen molar-refractivity contribution in [3.05, 3.63) is 53.6 Å². The third kappa shape index (κ3) is 3.10. The van der Waals surface area contributed by atoms with E-state index >= 15 is 0 Å². The summed E-state index contributed by atoms with van der Waals surface area (Å²) in [5, 5.41) is 8.97. The Kier molecular flexibility index (Phi) is 3.67. The second kappa shape index (κ2) is 5.26. The highest BCUT2D eigenvalue weighted by atomic mass is 16.5. The van der Waals surface area contributed by atoms with Crippen LogP contribution in [0.1, 0.15) is 31.9 Å². The Bertz CT molecular complexity index is 663. The molecule has 2 aromatic rings. The highest BCUT2D eigenvalue weighted by Gasteiger charge is 2.14. The lowest BCUT2D eigenvalue weighted by Gasteiger charge is -2.19. The topological polar surface area (TPSA) is 59.0 Å². The average molecular weight is 266 g/mol. The molecule has 0 spiro atoms. The van der Waals surface area contributed by atoms with Gasteiger partial charge in [-0.05, 0) is 35.2 Å². The molecule has 0 amide bonds. The zero-order valence-corrected chi connectivity index (χ0v) is 12.0. The number of rotatable bonds is 2. The van der Waals surface area contributed by atoms with Crippen molar-refractivity contribution in [2.24, 2.45) is 0 Å². The van der Waals surface area contributed by atoms with Crippen molar-refractivity contribution in [3.8, 4) is 17.6 Å². The van der Waals surface area contributed by atoms with E-state index in [1.165, 1.54) is 5.56 Å². The summed E-state index contributed by atoms with van der Waals surface area (Å²) in [5.74, 6) is 1.37. The van der Waals surface area contributed by atoms with E-state index in [4.69, 9.17) is 15.7 Å². The van der Waals surface area contributed by atoms with Gasteiger partial charge >= 0.3 is 0 Å². The zero-order chi connectivity index (χ0) is 14.8. The van der Waals surface area contributed by atoms with E-state index in [1.54, 1.807) is 18.2 Å². The van der Waals surface area contributed by atoms with E-state index in [9.17, 15) is 0 Å². The molecule has 20 heavy (non-hydrogen) atoms. The number of ether oxygens (including phenoxy) is 1. The van der Waals surface area contributed by atoms with Crippen LogP contribution in [0.15, 0.2) is 42.5 Å². The largest absolute Gasteiger partial charge is 0.457 e. The van der Waals surface area contributed by atoms with E-state index in [-0.39, 0.29) is 5.41 Å². The molecule has 0 aromatic heterocycles. The van der Waals surface area contributed by atoms with Crippen LogP contribution in [0, 0.1) is 11.3 Å². The van der Waals surface area contributed by atoms with Gasteiger partial charge in [0.2, 0.25) is 0 Å². The summed E-state index contributed by atoms with van der Waals surface area (Å²) in [7, 11) is 0. The van der Waals surface area contributed by atoms with Gasteiger partial charge in [0.25, 0.3) is 0 Å². The molecule has 0 saturated heterocycles. The Morgan fingerprint density at radius 3 is 2.40 bits per heavy atom. The molecule has 2 rings (SSSR count). The van der Waals surface area contributed by atoms with E-state index in [0.717, 1.165) is 5.75 Å². The van der Waals surface area contributed by atoms with Crippen molar-refractivity contribution < 1.29 is 4.74 Å². The summed E-state index contributed by atoms with van der Waals surface area (Å²) in [6, 6.07) is 15.1. The van der Waals surface area contributed by atoms with Crippen LogP contribution < -0.4 is 10.5 Å². The predicted octanol–water partition coefficient (Wildman–Crippen LogP) is 4.23. The van der Waals surface area contributed by atoms with Crippen molar-refractivity contribution >= 4 is 5.69 Å². The Morgan fingerprint density at radius 2 is 1.75 bits per heavy atom. The molecule has 2 N–H and O–H groups in total. The minimum Gasteiger partial charge on any atom is -0.457 e. The SMILES string of the molecule is CC(C)(C)c1cccc(Oc2ccc(N)c(C#N)c2)c1. The zero-order valence-electron chi connectivity index (χ0n) is 12.0. The van der Waals surface area contributed by atoms with Crippen molar-refractivity contribution in [1.82, 2.24) is 0 Å². The first kappa shape index (κ1) is 14.0. The third-order valence-corrected chi connectivity index (χ3v) is 3.08. The van der Waals surface area contributed by atoms with Crippen LogP contribution in [0.4, 0.5) is 5.69 Å². The summed E-state index contributed by atoms with van der Waals surface area (Å²) in [4.78, 5) is 0. The molecule has 0 radical (unpaired) electrons. The second-order valence-electron chi connectivity index (χ2n) is 5.74. The van der Waals surface area contributed by atoms with Crippen LogP contribution in [0.3, 0.4) is 0 Å². The number of anilines is 1. The molecule has 0 saturated carbocycles. The molecule has 0 aliphatic heterocycles. The van der Waals surface area contributed by atoms with Crippen LogP contribution in [0.25, 0.3) is 0 Å². The lowest BCUT2D eigenvalue weighted by atomic mass is 9.87. The summed E-state index contributed by atoms with van der Waals surface area (Å²) in [6.07, 6.45) is 0. The average Bonchev–Trinajstić information content (AvgIpc) is 2.40. The first-order chi connectivity index (χ1) is 9.40.